The van der Waals surface area contributed by atoms with E-state index in [0.717, 1.165) is 0 Å². The Morgan fingerprint density at radius 3 is 1.22 bits per heavy atom. The minimum Gasteiger partial charge on any atom is -0.0610 e. The molecule has 4 aliphatic rings. The van der Waals surface area contributed by atoms with Gasteiger partial charge in [-0.2, -0.15) is 0 Å². The topological polar surface area (TPSA) is 0 Å². The fourth-order valence-electron chi connectivity index (χ4n) is 2.79. The third-order valence-corrected chi connectivity index (χ3v) is 3.65. The van der Waals surface area contributed by atoms with Crippen LogP contribution in [0, 0.1) is 0 Å². The first-order valence-electron chi connectivity index (χ1n) is 6.23. The second kappa shape index (κ2) is 3.58. The summed E-state index contributed by atoms with van der Waals surface area (Å²) < 4.78 is 0. The van der Waals surface area contributed by atoms with Crippen molar-refractivity contribution in [3.8, 4) is 22.3 Å². The van der Waals surface area contributed by atoms with E-state index in [1.807, 2.05) is 0 Å². The molecule has 84 valence electrons. The van der Waals surface area contributed by atoms with E-state index in [-0.39, 0.29) is 0 Å². The van der Waals surface area contributed by atoms with Crippen LogP contribution in [0.5, 0.6) is 0 Å². The van der Waals surface area contributed by atoms with E-state index in [0.29, 0.717) is 0 Å². The molecule has 0 fully saturated rings. The maximum absolute atomic E-state index is 2.22. The van der Waals surface area contributed by atoms with Crippen molar-refractivity contribution in [3.63, 3.8) is 0 Å². The van der Waals surface area contributed by atoms with E-state index in [9.17, 15) is 0 Å². The van der Waals surface area contributed by atoms with Gasteiger partial charge >= 0.3 is 0 Å². The Kier molecular flexibility index (Phi) is 1.92. The van der Waals surface area contributed by atoms with Crippen LogP contribution >= 0.6 is 0 Å². The van der Waals surface area contributed by atoms with Gasteiger partial charge in [-0.3, -0.25) is 0 Å². The molecule has 0 bridgehead atoms. The van der Waals surface area contributed by atoms with Crippen LogP contribution in [0.25, 0.3) is 33.0 Å². The molecule has 0 saturated heterocycles. The summed E-state index contributed by atoms with van der Waals surface area (Å²) in [4.78, 5) is 0. The van der Waals surface area contributed by atoms with Crippen molar-refractivity contribution in [1.29, 1.82) is 0 Å². The molecule has 0 spiro atoms. The molecular formula is C18H12. The molecule has 0 heterocycles. The van der Waals surface area contributed by atoms with E-state index in [2.05, 4.69) is 72.8 Å². The second-order valence-corrected chi connectivity index (χ2v) is 4.67. The van der Waals surface area contributed by atoms with Crippen LogP contribution in [0.3, 0.4) is 0 Å². The van der Waals surface area contributed by atoms with Gasteiger partial charge in [0.1, 0.15) is 0 Å². The number of hydrogen-bond donors (Lipinski definition) is 0. The minimum atomic E-state index is 1.30. The first-order valence-corrected chi connectivity index (χ1v) is 6.23. The smallest absolute Gasteiger partial charge is 0.00992 e. The van der Waals surface area contributed by atoms with Crippen LogP contribution in [0.1, 0.15) is 0 Å². The normalized spacial score (nSPS) is 11.3. The summed E-state index contributed by atoms with van der Waals surface area (Å²) in [5.74, 6) is 0. The summed E-state index contributed by atoms with van der Waals surface area (Å²) in [5, 5.41) is 2.64. The average Bonchev–Trinajstić information content (AvgIpc) is 2.95. The quantitative estimate of drug-likeness (QED) is 0.395. The Labute approximate surface area is 106 Å². The van der Waals surface area contributed by atoms with Crippen LogP contribution in [-0.4, -0.2) is 0 Å². The van der Waals surface area contributed by atoms with Gasteiger partial charge < -0.3 is 0 Å². The van der Waals surface area contributed by atoms with Crippen LogP contribution in [-0.2, 0) is 0 Å². The molecule has 18 heavy (non-hydrogen) atoms. The number of hydrogen-bond acceptors (Lipinski definition) is 0. The van der Waals surface area contributed by atoms with E-state index in [1.165, 1.54) is 33.0 Å². The van der Waals surface area contributed by atoms with E-state index in [1.54, 1.807) is 0 Å². The van der Waals surface area contributed by atoms with Crippen LogP contribution in [0.2, 0.25) is 0 Å². The molecule has 0 heteroatoms. The first-order chi connectivity index (χ1) is 8.93. The van der Waals surface area contributed by atoms with E-state index in [4.69, 9.17) is 0 Å². The molecule has 0 radical (unpaired) electrons. The summed E-state index contributed by atoms with van der Waals surface area (Å²) in [6.07, 6.45) is 0. The van der Waals surface area contributed by atoms with Gasteiger partial charge in [0.05, 0.1) is 0 Å². The average molecular weight is 228 g/mol. The summed E-state index contributed by atoms with van der Waals surface area (Å²) in [5.41, 5.74) is 5.26. The van der Waals surface area contributed by atoms with Gasteiger partial charge in [0.25, 0.3) is 0 Å². The third-order valence-electron chi connectivity index (χ3n) is 3.65. The summed E-state index contributed by atoms with van der Waals surface area (Å²) >= 11 is 0. The molecule has 4 rings (SSSR count). The Hall–Kier alpha value is -2.34. The summed E-state index contributed by atoms with van der Waals surface area (Å²) in [6.45, 7) is 0. The predicted octanol–water partition coefficient (Wildman–Crippen LogP) is 5.05. The number of rotatable bonds is 0. The van der Waals surface area contributed by atoms with E-state index >= 15 is 0 Å². The van der Waals surface area contributed by atoms with Crippen molar-refractivity contribution in [2.75, 3.05) is 0 Å². The molecule has 0 aromatic carbocycles. The highest BCUT2D eigenvalue weighted by Gasteiger charge is 2.08. The van der Waals surface area contributed by atoms with Crippen LogP contribution in [0.15, 0.2) is 72.8 Å². The fraction of sp³-hybridized carbons (Fsp3) is 0. The lowest BCUT2D eigenvalue weighted by atomic mass is 10.1. The van der Waals surface area contributed by atoms with Crippen molar-refractivity contribution in [2.24, 2.45) is 0 Å². The molecule has 4 aliphatic carbocycles. The Bertz CT molecular complexity index is 714. The maximum Gasteiger partial charge on any atom is -0.00992 e. The fourth-order valence-corrected chi connectivity index (χ4v) is 2.79. The molecule has 0 nitrogen and oxygen atoms in total. The zero-order valence-corrected chi connectivity index (χ0v) is 9.93. The lowest BCUT2D eigenvalue weighted by Gasteiger charge is -1.98. The molecule has 0 saturated carbocycles. The minimum absolute atomic E-state index is 1.30. The predicted molar refractivity (Wildman–Crippen MR) is 77.2 cm³/mol. The van der Waals surface area contributed by atoms with Crippen LogP contribution in [0.4, 0.5) is 0 Å². The molecule has 0 amide bonds. The summed E-state index contributed by atoms with van der Waals surface area (Å²) in [6, 6.07) is 26.1. The number of fused-ring (bicyclic) bond motifs is 5. The first kappa shape index (κ1) is 9.67. The standard InChI is InChI=1S/C18H12/c1-5-13-7-3-12-18-16-10-2-6-14(16)8-4-11-17(18)15(13)9-1/h1-12H. The van der Waals surface area contributed by atoms with Gasteiger partial charge in [0, 0.05) is 0 Å². The molecule has 0 N–H and O–H groups in total. The SMILES string of the molecule is c1cc2cccc3c4cccc-4cccc3c-2c1. The molecule has 0 atom stereocenters. The highest BCUT2D eigenvalue weighted by molar-refractivity contribution is 6.04. The van der Waals surface area contributed by atoms with Gasteiger partial charge in [-0.05, 0) is 33.0 Å². The van der Waals surface area contributed by atoms with E-state index < -0.39 is 0 Å². The van der Waals surface area contributed by atoms with Crippen LogP contribution < -0.4 is 0 Å². The van der Waals surface area contributed by atoms with Gasteiger partial charge in [-0.15, -0.1) is 0 Å². The Balaban J connectivity index is 2.28. The molecule has 0 unspecified atom stereocenters. The molecule has 0 aliphatic heterocycles. The highest BCUT2D eigenvalue weighted by Crippen LogP contribution is 2.35. The monoisotopic (exact) mass is 228 g/mol. The van der Waals surface area contributed by atoms with Crippen molar-refractivity contribution >= 4 is 10.8 Å². The molecule has 0 aromatic rings. The third kappa shape index (κ3) is 1.26. The maximum atomic E-state index is 2.22. The Morgan fingerprint density at radius 1 is 0.389 bits per heavy atom. The highest BCUT2D eigenvalue weighted by atomic mass is 14.1. The zero-order chi connectivity index (χ0) is 11.9. The lowest BCUT2D eigenvalue weighted by Crippen LogP contribution is -1.70. The summed E-state index contributed by atoms with van der Waals surface area (Å²) in [7, 11) is 0. The van der Waals surface area contributed by atoms with Crippen molar-refractivity contribution < 1.29 is 0 Å². The van der Waals surface area contributed by atoms with Gasteiger partial charge in [0.2, 0.25) is 0 Å². The van der Waals surface area contributed by atoms with Crippen molar-refractivity contribution in [1.82, 2.24) is 0 Å². The second-order valence-electron chi connectivity index (χ2n) is 4.67. The van der Waals surface area contributed by atoms with Crippen molar-refractivity contribution in [2.45, 2.75) is 0 Å². The lowest BCUT2D eigenvalue weighted by molar-refractivity contribution is 1.83. The van der Waals surface area contributed by atoms with Gasteiger partial charge in [-0.25, -0.2) is 0 Å². The Morgan fingerprint density at radius 2 is 0.778 bits per heavy atom. The van der Waals surface area contributed by atoms with Crippen molar-refractivity contribution in [3.05, 3.63) is 72.8 Å². The van der Waals surface area contributed by atoms with Gasteiger partial charge in [0.15, 0.2) is 0 Å². The largest absolute Gasteiger partial charge is 0.0610 e. The van der Waals surface area contributed by atoms with Gasteiger partial charge in [-0.1, -0.05) is 72.8 Å². The molecular weight excluding hydrogens is 216 g/mol. The zero-order valence-electron chi connectivity index (χ0n) is 9.93. The molecule has 0 aromatic heterocycles.